The van der Waals surface area contributed by atoms with Crippen LogP contribution in [0.4, 0.5) is 13.2 Å². The third-order valence-electron chi connectivity index (χ3n) is 5.16. The summed E-state index contributed by atoms with van der Waals surface area (Å²) in [6, 6.07) is 7.16. The van der Waals surface area contributed by atoms with Gasteiger partial charge >= 0.3 is 6.18 Å². The van der Waals surface area contributed by atoms with E-state index in [1.807, 2.05) is 19.1 Å². The third-order valence-corrected chi connectivity index (χ3v) is 5.16. The monoisotopic (exact) mass is 443 g/mol. The highest BCUT2D eigenvalue weighted by Gasteiger charge is 2.33. The lowest BCUT2D eigenvalue weighted by atomic mass is 9.98. The maximum absolute atomic E-state index is 13.4. The summed E-state index contributed by atoms with van der Waals surface area (Å²) in [5, 5.41) is 0. The molecule has 0 bridgehead atoms. The van der Waals surface area contributed by atoms with Crippen LogP contribution in [-0.4, -0.2) is 49.9 Å². The highest BCUT2D eigenvalue weighted by Crippen LogP contribution is 2.29. The molecule has 3 heterocycles. The molecule has 7 nitrogen and oxygen atoms in total. The van der Waals surface area contributed by atoms with E-state index in [1.54, 1.807) is 29.4 Å². The van der Waals surface area contributed by atoms with Gasteiger partial charge in [-0.1, -0.05) is 12.1 Å². The van der Waals surface area contributed by atoms with E-state index in [4.69, 9.17) is 4.74 Å². The molecule has 0 saturated carbocycles. The van der Waals surface area contributed by atoms with E-state index in [9.17, 15) is 18.0 Å². The molecule has 0 N–H and O–H groups in total. The Morgan fingerprint density at radius 1 is 1.09 bits per heavy atom. The number of hydrogen-bond acceptors (Lipinski definition) is 6. The molecule has 166 valence electrons. The molecule has 1 saturated heterocycles. The van der Waals surface area contributed by atoms with Crippen LogP contribution in [0.5, 0.6) is 5.88 Å². The summed E-state index contributed by atoms with van der Waals surface area (Å²) in [5.74, 6) is 0.285. The quantitative estimate of drug-likeness (QED) is 0.608. The molecule has 0 aliphatic carbocycles. The van der Waals surface area contributed by atoms with Gasteiger partial charge in [0.1, 0.15) is 6.10 Å². The van der Waals surface area contributed by atoms with Crippen molar-refractivity contribution in [2.45, 2.75) is 32.0 Å². The maximum atomic E-state index is 13.4. The van der Waals surface area contributed by atoms with Crippen molar-refractivity contribution in [1.82, 2.24) is 24.8 Å². The number of aromatic nitrogens is 4. The van der Waals surface area contributed by atoms with Gasteiger partial charge in [0, 0.05) is 24.5 Å². The van der Waals surface area contributed by atoms with Crippen molar-refractivity contribution < 1.29 is 22.7 Å². The van der Waals surface area contributed by atoms with Crippen molar-refractivity contribution >= 4 is 5.91 Å². The Morgan fingerprint density at radius 3 is 2.56 bits per heavy atom. The summed E-state index contributed by atoms with van der Waals surface area (Å²) in [6.07, 6.45) is 1.21. The molecular weight excluding hydrogens is 423 g/mol. The second-order valence-electron chi connectivity index (χ2n) is 7.44. The Balaban J connectivity index is 1.51. The number of aryl methyl sites for hydroxylation is 1. The normalized spacial score (nSPS) is 16.6. The minimum absolute atomic E-state index is 0.00812. The minimum Gasteiger partial charge on any atom is -0.471 e. The van der Waals surface area contributed by atoms with Crippen molar-refractivity contribution in [3.63, 3.8) is 0 Å². The standard InChI is InChI=1S/C22H20F3N5O2/c1-14-5-2-7-16(19(14)20-26-8-4-9-27-20)21(31)30-10-3-6-15(13-30)32-18-12-28-17(11-29-18)22(23,24)25/h2,4-5,7-9,11-12,15H,3,6,10,13H2,1H3/t15-/m1/s1. The molecule has 32 heavy (non-hydrogen) atoms. The van der Waals surface area contributed by atoms with Crippen LogP contribution in [-0.2, 0) is 6.18 Å². The van der Waals surface area contributed by atoms with Gasteiger partial charge in [-0.3, -0.25) is 4.79 Å². The number of piperidine rings is 1. The van der Waals surface area contributed by atoms with Crippen molar-refractivity contribution in [2.75, 3.05) is 13.1 Å². The van der Waals surface area contributed by atoms with Crippen LogP contribution in [0.25, 0.3) is 11.4 Å². The van der Waals surface area contributed by atoms with Crippen molar-refractivity contribution in [3.8, 4) is 17.3 Å². The number of halogens is 3. The summed E-state index contributed by atoms with van der Waals surface area (Å²) in [7, 11) is 0. The molecule has 3 aromatic rings. The first-order valence-corrected chi connectivity index (χ1v) is 10.0. The number of alkyl halides is 3. The summed E-state index contributed by atoms with van der Waals surface area (Å²) in [5.41, 5.74) is 0.966. The first-order chi connectivity index (χ1) is 15.3. The fourth-order valence-corrected chi connectivity index (χ4v) is 3.65. The van der Waals surface area contributed by atoms with E-state index in [-0.39, 0.29) is 18.3 Å². The number of ether oxygens (including phenoxy) is 1. The predicted octanol–water partition coefficient (Wildman–Crippen LogP) is 3.94. The zero-order valence-corrected chi connectivity index (χ0v) is 17.2. The third kappa shape index (κ3) is 4.68. The fraction of sp³-hybridized carbons (Fsp3) is 0.318. The van der Waals surface area contributed by atoms with Gasteiger partial charge in [-0.25, -0.2) is 19.9 Å². The maximum Gasteiger partial charge on any atom is 0.434 e. The molecule has 0 unspecified atom stereocenters. The van der Waals surface area contributed by atoms with Gasteiger partial charge in [-0.2, -0.15) is 13.2 Å². The van der Waals surface area contributed by atoms with Crippen LogP contribution in [0.15, 0.2) is 49.1 Å². The van der Waals surface area contributed by atoms with Gasteiger partial charge in [-0.15, -0.1) is 0 Å². The second kappa shape index (κ2) is 8.89. The Morgan fingerprint density at radius 2 is 1.88 bits per heavy atom. The van der Waals surface area contributed by atoms with Crippen LogP contribution in [0.3, 0.4) is 0 Å². The molecule has 10 heteroatoms. The van der Waals surface area contributed by atoms with Crippen LogP contribution in [0, 0.1) is 6.92 Å². The number of carbonyl (C=O) groups is 1. The zero-order chi connectivity index (χ0) is 22.7. The molecule has 1 amide bonds. The van der Waals surface area contributed by atoms with Crippen LogP contribution >= 0.6 is 0 Å². The van der Waals surface area contributed by atoms with Crippen LogP contribution in [0.1, 0.15) is 34.5 Å². The van der Waals surface area contributed by atoms with E-state index < -0.39 is 18.0 Å². The SMILES string of the molecule is Cc1cccc(C(=O)N2CCC[C@@H](Oc3cnc(C(F)(F)F)cn3)C2)c1-c1ncccn1. The summed E-state index contributed by atoms with van der Waals surface area (Å²) < 4.78 is 43.7. The molecule has 0 spiro atoms. The Bertz CT molecular complexity index is 1090. The lowest BCUT2D eigenvalue weighted by Gasteiger charge is -2.33. The molecule has 1 atom stereocenters. The van der Waals surface area contributed by atoms with E-state index in [1.165, 1.54) is 0 Å². The number of nitrogens with zero attached hydrogens (tertiary/aromatic N) is 5. The van der Waals surface area contributed by atoms with E-state index in [0.717, 1.165) is 11.8 Å². The van der Waals surface area contributed by atoms with Crippen molar-refractivity contribution in [1.29, 1.82) is 0 Å². The number of rotatable bonds is 4. The number of carbonyl (C=O) groups excluding carboxylic acids is 1. The lowest BCUT2D eigenvalue weighted by molar-refractivity contribution is -0.141. The van der Waals surface area contributed by atoms with Crippen molar-refractivity contribution in [2.24, 2.45) is 0 Å². The number of amides is 1. The van der Waals surface area contributed by atoms with Gasteiger partial charge in [0.05, 0.1) is 24.5 Å². The van der Waals surface area contributed by atoms with E-state index in [0.29, 0.717) is 42.5 Å². The largest absolute Gasteiger partial charge is 0.471 e. The number of hydrogen-bond donors (Lipinski definition) is 0. The van der Waals surface area contributed by atoms with E-state index in [2.05, 4.69) is 19.9 Å². The Labute approximate surface area is 182 Å². The molecule has 1 aromatic carbocycles. The lowest BCUT2D eigenvalue weighted by Crippen LogP contribution is -2.44. The first kappa shape index (κ1) is 21.7. The molecule has 1 fully saturated rings. The molecule has 4 rings (SSSR count). The average molecular weight is 443 g/mol. The topological polar surface area (TPSA) is 81.1 Å². The fourth-order valence-electron chi connectivity index (χ4n) is 3.65. The first-order valence-electron chi connectivity index (χ1n) is 10.0. The number of benzene rings is 1. The Kier molecular flexibility index (Phi) is 6.02. The van der Waals surface area contributed by atoms with Gasteiger partial charge in [-0.05, 0) is 37.5 Å². The highest BCUT2D eigenvalue weighted by molar-refractivity contribution is 6.00. The minimum atomic E-state index is -4.56. The van der Waals surface area contributed by atoms with Crippen molar-refractivity contribution in [3.05, 3.63) is 65.9 Å². The summed E-state index contributed by atoms with van der Waals surface area (Å²) in [6.45, 7) is 2.72. The van der Waals surface area contributed by atoms with Crippen LogP contribution < -0.4 is 4.74 Å². The smallest absolute Gasteiger partial charge is 0.434 e. The van der Waals surface area contributed by atoms with Gasteiger partial charge < -0.3 is 9.64 Å². The number of likely N-dealkylation sites (tertiary alicyclic amines) is 1. The highest BCUT2D eigenvalue weighted by atomic mass is 19.4. The van der Waals surface area contributed by atoms with Crippen LogP contribution in [0.2, 0.25) is 0 Å². The second-order valence-corrected chi connectivity index (χ2v) is 7.44. The molecular formula is C22H20F3N5O2. The summed E-state index contributed by atoms with van der Waals surface area (Å²) >= 11 is 0. The Hall–Kier alpha value is -3.56. The zero-order valence-electron chi connectivity index (χ0n) is 17.2. The molecule has 0 radical (unpaired) electrons. The summed E-state index contributed by atoms with van der Waals surface area (Å²) in [4.78, 5) is 30.7. The molecule has 1 aliphatic heterocycles. The predicted molar refractivity (Wildman–Crippen MR) is 109 cm³/mol. The average Bonchev–Trinajstić information content (AvgIpc) is 2.79. The van der Waals surface area contributed by atoms with Gasteiger partial charge in [0.25, 0.3) is 5.91 Å². The van der Waals surface area contributed by atoms with E-state index >= 15 is 0 Å². The molecule has 1 aliphatic rings. The van der Waals surface area contributed by atoms with Gasteiger partial charge in [0.15, 0.2) is 11.5 Å². The van der Waals surface area contributed by atoms with Gasteiger partial charge in [0.2, 0.25) is 5.88 Å². The molecule has 2 aromatic heterocycles.